The van der Waals surface area contributed by atoms with Crippen LogP contribution in [0.2, 0.25) is 0 Å². The van der Waals surface area contributed by atoms with Crippen LogP contribution in [0.1, 0.15) is 23.1 Å². The van der Waals surface area contributed by atoms with E-state index in [-0.39, 0.29) is 5.54 Å². The van der Waals surface area contributed by atoms with Gasteiger partial charge in [0.25, 0.3) is 0 Å². The van der Waals surface area contributed by atoms with Gasteiger partial charge in [-0.2, -0.15) is 0 Å². The van der Waals surface area contributed by atoms with Crippen LogP contribution in [0.15, 0.2) is 91.0 Å². The Morgan fingerprint density at radius 3 is 1.74 bits per heavy atom. The number of hydrogen-bond acceptors (Lipinski definition) is 3. The Morgan fingerprint density at radius 1 is 0.710 bits per heavy atom. The number of methoxy groups -OCH3 is 1. The van der Waals surface area contributed by atoms with Crippen molar-refractivity contribution >= 4 is 0 Å². The lowest BCUT2D eigenvalue weighted by atomic mass is 9.81. The molecule has 0 unspecified atom stereocenters. The van der Waals surface area contributed by atoms with Crippen LogP contribution < -0.4 is 0 Å². The zero-order valence-electron chi connectivity index (χ0n) is 18.6. The standard InChI is InChI=1S/C28H34N2O/c1-31-24-28(26-15-7-3-8-16-26,27-17-9-4-10-18-27)30-22-20-29(21-23-30)19-11-14-25-12-5-2-6-13-25/h2-10,12-13,15-18H,11,14,19-24H2,1H3. The summed E-state index contributed by atoms with van der Waals surface area (Å²) in [5, 5.41) is 0. The predicted molar refractivity (Wildman–Crippen MR) is 128 cm³/mol. The second-order valence-electron chi connectivity index (χ2n) is 8.44. The molecule has 0 spiro atoms. The van der Waals surface area contributed by atoms with E-state index in [4.69, 9.17) is 4.74 Å². The molecule has 3 aromatic rings. The molecule has 31 heavy (non-hydrogen) atoms. The number of piperazine rings is 1. The quantitative estimate of drug-likeness (QED) is 0.499. The van der Waals surface area contributed by atoms with E-state index in [1.807, 2.05) is 7.11 Å². The second-order valence-corrected chi connectivity index (χ2v) is 8.44. The average molecular weight is 415 g/mol. The van der Waals surface area contributed by atoms with Crippen LogP contribution in [-0.4, -0.2) is 56.2 Å². The lowest BCUT2D eigenvalue weighted by Crippen LogP contribution is -2.58. The normalized spacial score (nSPS) is 15.8. The first-order chi connectivity index (χ1) is 15.3. The summed E-state index contributed by atoms with van der Waals surface area (Å²) < 4.78 is 5.85. The maximum Gasteiger partial charge on any atom is 0.0953 e. The number of nitrogens with zero attached hydrogens (tertiary/aromatic N) is 2. The van der Waals surface area contributed by atoms with Crippen molar-refractivity contribution in [2.45, 2.75) is 18.4 Å². The highest BCUT2D eigenvalue weighted by Crippen LogP contribution is 2.37. The highest BCUT2D eigenvalue weighted by Gasteiger charge is 2.41. The molecular formula is C28H34N2O. The minimum atomic E-state index is -0.257. The fourth-order valence-electron chi connectivity index (χ4n) is 4.93. The zero-order valence-corrected chi connectivity index (χ0v) is 18.6. The predicted octanol–water partition coefficient (Wildman–Crippen LogP) is 4.83. The smallest absolute Gasteiger partial charge is 0.0953 e. The molecule has 3 aromatic carbocycles. The molecule has 0 aromatic heterocycles. The van der Waals surface area contributed by atoms with Gasteiger partial charge in [-0.1, -0.05) is 91.0 Å². The van der Waals surface area contributed by atoms with Gasteiger partial charge in [0.1, 0.15) is 0 Å². The molecule has 1 aliphatic rings. The van der Waals surface area contributed by atoms with Gasteiger partial charge in [0.2, 0.25) is 0 Å². The third-order valence-electron chi connectivity index (χ3n) is 6.55. The molecule has 0 radical (unpaired) electrons. The molecule has 1 aliphatic heterocycles. The number of rotatable bonds is 9. The SMILES string of the molecule is COCC(c1ccccc1)(c1ccccc1)N1CCN(CCCc2ccccc2)CC1. The van der Waals surface area contributed by atoms with Crippen molar-refractivity contribution in [3.8, 4) is 0 Å². The maximum atomic E-state index is 5.85. The third kappa shape index (κ3) is 5.07. The van der Waals surface area contributed by atoms with Gasteiger partial charge in [-0.25, -0.2) is 0 Å². The molecule has 1 saturated heterocycles. The highest BCUT2D eigenvalue weighted by molar-refractivity contribution is 5.39. The zero-order chi connectivity index (χ0) is 21.4. The van der Waals surface area contributed by atoms with E-state index in [0.29, 0.717) is 6.61 Å². The summed E-state index contributed by atoms with van der Waals surface area (Å²) in [6, 6.07) is 32.6. The molecule has 0 atom stereocenters. The van der Waals surface area contributed by atoms with Gasteiger partial charge < -0.3 is 9.64 Å². The van der Waals surface area contributed by atoms with E-state index in [1.165, 1.54) is 23.1 Å². The van der Waals surface area contributed by atoms with E-state index in [1.54, 1.807) is 0 Å². The molecule has 162 valence electrons. The van der Waals surface area contributed by atoms with Gasteiger partial charge >= 0.3 is 0 Å². The summed E-state index contributed by atoms with van der Waals surface area (Å²) in [5.41, 5.74) is 3.79. The first-order valence-corrected chi connectivity index (χ1v) is 11.4. The largest absolute Gasteiger partial charge is 0.382 e. The van der Waals surface area contributed by atoms with Crippen molar-refractivity contribution in [2.75, 3.05) is 46.4 Å². The number of ether oxygens (including phenoxy) is 1. The Kier molecular flexibility index (Phi) is 7.52. The van der Waals surface area contributed by atoms with Crippen molar-refractivity contribution < 1.29 is 4.74 Å². The van der Waals surface area contributed by atoms with Crippen LogP contribution in [0.3, 0.4) is 0 Å². The maximum absolute atomic E-state index is 5.85. The highest BCUT2D eigenvalue weighted by atomic mass is 16.5. The summed E-state index contributed by atoms with van der Waals surface area (Å²) >= 11 is 0. The summed E-state index contributed by atoms with van der Waals surface area (Å²) in [6.45, 7) is 6.09. The van der Waals surface area contributed by atoms with Crippen LogP contribution >= 0.6 is 0 Å². The molecule has 0 aliphatic carbocycles. The van der Waals surface area contributed by atoms with Crippen molar-refractivity contribution in [3.05, 3.63) is 108 Å². The first kappa shape index (κ1) is 21.8. The Labute approximate surface area is 187 Å². The van der Waals surface area contributed by atoms with Crippen LogP contribution in [0.25, 0.3) is 0 Å². The monoisotopic (exact) mass is 414 g/mol. The van der Waals surface area contributed by atoms with Gasteiger partial charge in [0.05, 0.1) is 12.1 Å². The average Bonchev–Trinajstić information content (AvgIpc) is 2.85. The fraction of sp³-hybridized carbons (Fsp3) is 0.357. The molecule has 0 bridgehead atoms. The van der Waals surface area contributed by atoms with Gasteiger partial charge in [-0.15, -0.1) is 0 Å². The fourth-order valence-corrected chi connectivity index (χ4v) is 4.93. The van der Waals surface area contributed by atoms with Gasteiger partial charge in [-0.3, -0.25) is 4.90 Å². The molecule has 1 heterocycles. The van der Waals surface area contributed by atoms with Gasteiger partial charge in [0.15, 0.2) is 0 Å². The Balaban J connectivity index is 1.47. The summed E-state index contributed by atoms with van der Waals surface area (Å²) in [4.78, 5) is 5.25. The van der Waals surface area contributed by atoms with E-state index >= 15 is 0 Å². The molecule has 0 saturated carbocycles. The van der Waals surface area contributed by atoms with Gasteiger partial charge in [0, 0.05) is 33.3 Å². The first-order valence-electron chi connectivity index (χ1n) is 11.4. The molecule has 3 heteroatoms. The Hall–Kier alpha value is -2.46. The van der Waals surface area contributed by atoms with Crippen LogP contribution in [0.5, 0.6) is 0 Å². The van der Waals surface area contributed by atoms with E-state index in [2.05, 4.69) is 101 Å². The number of benzene rings is 3. The Morgan fingerprint density at radius 2 is 1.23 bits per heavy atom. The van der Waals surface area contributed by atoms with Crippen LogP contribution in [0, 0.1) is 0 Å². The van der Waals surface area contributed by atoms with E-state index in [0.717, 1.165) is 39.1 Å². The van der Waals surface area contributed by atoms with E-state index < -0.39 is 0 Å². The van der Waals surface area contributed by atoms with Crippen molar-refractivity contribution in [1.82, 2.24) is 9.80 Å². The topological polar surface area (TPSA) is 15.7 Å². The molecule has 0 N–H and O–H groups in total. The summed E-state index contributed by atoms with van der Waals surface area (Å²) in [6.07, 6.45) is 2.37. The number of aryl methyl sites for hydroxylation is 1. The minimum Gasteiger partial charge on any atom is -0.382 e. The molecule has 0 amide bonds. The van der Waals surface area contributed by atoms with Crippen molar-refractivity contribution in [2.24, 2.45) is 0 Å². The summed E-state index contributed by atoms with van der Waals surface area (Å²) in [5.74, 6) is 0. The lowest BCUT2D eigenvalue weighted by Gasteiger charge is -2.48. The molecule has 4 rings (SSSR count). The van der Waals surface area contributed by atoms with Crippen molar-refractivity contribution in [1.29, 1.82) is 0 Å². The van der Waals surface area contributed by atoms with Crippen LogP contribution in [0.4, 0.5) is 0 Å². The minimum absolute atomic E-state index is 0.257. The van der Waals surface area contributed by atoms with Crippen LogP contribution in [-0.2, 0) is 16.7 Å². The third-order valence-corrected chi connectivity index (χ3v) is 6.55. The molecular weight excluding hydrogens is 380 g/mol. The van der Waals surface area contributed by atoms with Gasteiger partial charge in [-0.05, 0) is 36.1 Å². The van der Waals surface area contributed by atoms with E-state index in [9.17, 15) is 0 Å². The molecule has 1 fully saturated rings. The second kappa shape index (κ2) is 10.7. The number of hydrogen-bond donors (Lipinski definition) is 0. The molecule has 3 nitrogen and oxygen atoms in total. The van der Waals surface area contributed by atoms with Crippen molar-refractivity contribution in [3.63, 3.8) is 0 Å². The summed E-state index contributed by atoms with van der Waals surface area (Å²) in [7, 11) is 1.82. The lowest BCUT2D eigenvalue weighted by molar-refractivity contribution is 0.00141. The Bertz CT molecular complexity index is 851.